The molecule has 0 fully saturated rings. The van der Waals surface area contributed by atoms with E-state index in [-0.39, 0.29) is 10.6 Å². The van der Waals surface area contributed by atoms with Crippen LogP contribution in [0.4, 0.5) is 5.69 Å². The van der Waals surface area contributed by atoms with Crippen LogP contribution in [0.5, 0.6) is 0 Å². The maximum Gasteiger partial charge on any atom is 0.270 e. The van der Waals surface area contributed by atoms with Gasteiger partial charge in [0, 0.05) is 30.8 Å². The van der Waals surface area contributed by atoms with Gasteiger partial charge in [-0.2, -0.15) is 0 Å². The minimum absolute atomic E-state index is 0.0317. The van der Waals surface area contributed by atoms with Gasteiger partial charge in [0.25, 0.3) is 5.69 Å². The van der Waals surface area contributed by atoms with Crippen molar-refractivity contribution in [1.82, 2.24) is 4.98 Å². The van der Waals surface area contributed by atoms with Crippen LogP contribution in [0.25, 0.3) is 23.3 Å². The second-order valence-corrected chi connectivity index (χ2v) is 7.96. The van der Waals surface area contributed by atoms with Gasteiger partial charge in [0.2, 0.25) is 0 Å². The van der Waals surface area contributed by atoms with Gasteiger partial charge in [-0.25, -0.2) is 8.42 Å². The molecule has 6 nitrogen and oxygen atoms in total. The summed E-state index contributed by atoms with van der Waals surface area (Å²) in [7, 11) is -3.31. The highest BCUT2D eigenvalue weighted by Crippen LogP contribution is 2.30. The first-order chi connectivity index (χ1) is 12.8. The van der Waals surface area contributed by atoms with Gasteiger partial charge in [-0.05, 0) is 46.5 Å². The summed E-state index contributed by atoms with van der Waals surface area (Å²) in [6.45, 7) is 0. The number of nitrogens with zero attached hydrogens (tertiary/aromatic N) is 2. The maximum absolute atomic E-state index is 11.6. The van der Waals surface area contributed by atoms with Crippen LogP contribution in [0.2, 0.25) is 0 Å². The third-order valence-electron chi connectivity index (χ3n) is 3.98. The molecule has 0 saturated carbocycles. The number of nitro groups is 1. The Hall–Kier alpha value is -3.32. The molecule has 136 valence electrons. The van der Waals surface area contributed by atoms with Crippen molar-refractivity contribution in [2.45, 2.75) is 4.90 Å². The van der Waals surface area contributed by atoms with Crippen molar-refractivity contribution < 1.29 is 13.3 Å². The normalized spacial score (nSPS) is 11.6. The molecule has 0 spiro atoms. The van der Waals surface area contributed by atoms with Crippen molar-refractivity contribution in [2.24, 2.45) is 0 Å². The van der Waals surface area contributed by atoms with Gasteiger partial charge in [0.05, 0.1) is 9.82 Å². The van der Waals surface area contributed by atoms with E-state index in [1.54, 1.807) is 30.6 Å². The number of hydrogen-bond acceptors (Lipinski definition) is 5. The van der Waals surface area contributed by atoms with Crippen molar-refractivity contribution in [3.05, 3.63) is 88.2 Å². The molecule has 0 N–H and O–H groups in total. The second kappa shape index (κ2) is 7.51. The zero-order chi connectivity index (χ0) is 19.4. The molecule has 0 amide bonds. The fraction of sp³-hybridized carbons (Fsp3) is 0.0500. The topological polar surface area (TPSA) is 90.2 Å². The minimum Gasteiger partial charge on any atom is -0.264 e. The highest BCUT2D eigenvalue weighted by atomic mass is 32.2. The van der Waals surface area contributed by atoms with Crippen molar-refractivity contribution in [3.63, 3.8) is 0 Å². The lowest BCUT2D eigenvalue weighted by Crippen LogP contribution is -1.96. The smallest absolute Gasteiger partial charge is 0.264 e. The van der Waals surface area contributed by atoms with Crippen molar-refractivity contribution >= 4 is 27.7 Å². The Balaban J connectivity index is 2.07. The minimum atomic E-state index is -3.31. The summed E-state index contributed by atoms with van der Waals surface area (Å²) in [6, 6.07) is 14.6. The molecule has 7 heteroatoms. The molecule has 0 unspecified atom stereocenters. The molecule has 0 aliphatic heterocycles. The predicted octanol–water partition coefficient (Wildman–Crippen LogP) is 4.23. The molecular weight excluding hydrogens is 364 g/mol. The van der Waals surface area contributed by atoms with Crippen LogP contribution in [0.1, 0.15) is 11.1 Å². The van der Waals surface area contributed by atoms with Crippen LogP contribution in [-0.2, 0) is 9.84 Å². The number of hydrogen-bond donors (Lipinski definition) is 0. The Morgan fingerprint density at radius 2 is 1.78 bits per heavy atom. The predicted molar refractivity (Wildman–Crippen MR) is 105 cm³/mol. The Labute approximate surface area is 156 Å². The third-order valence-corrected chi connectivity index (χ3v) is 5.11. The monoisotopic (exact) mass is 380 g/mol. The zero-order valence-electron chi connectivity index (χ0n) is 14.4. The van der Waals surface area contributed by atoms with Crippen LogP contribution < -0.4 is 0 Å². The van der Waals surface area contributed by atoms with Gasteiger partial charge in [-0.1, -0.05) is 30.4 Å². The highest BCUT2D eigenvalue weighted by Gasteiger charge is 2.13. The fourth-order valence-electron chi connectivity index (χ4n) is 2.60. The first-order valence-corrected chi connectivity index (χ1v) is 9.91. The van der Waals surface area contributed by atoms with Gasteiger partial charge in [-0.15, -0.1) is 0 Å². The van der Waals surface area contributed by atoms with E-state index in [4.69, 9.17) is 0 Å². The van der Waals surface area contributed by atoms with Gasteiger partial charge in [0.15, 0.2) is 9.84 Å². The number of benzene rings is 2. The Morgan fingerprint density at radius 1 is 1.04 bits per heavy atom. The molecule has 0 atom stereocenters. The second-order valence-electron chi connectivity index (χ2n) is 5.94. The molecule has 0 aliphatic carbocycles. The first-order valence-electron chi connectivity index (χ1n) is 8.01. The average molecular weight is 380 g/mol. The molecule has 0 bridgehead atoms. The van der Waals surface area contributed by atoms with Gasteiger partial charge in [0.1, 0.15) is 0 Å². The summed E-state index contributed by atoms with van der Waals surface area (Å²) >= 11 is 0. The lowest BCUT2D eigenvalue weighted by Gasteiger charge is -2.08. The Kier molecular flexibility index (Phi) is 5.14. The Bertz CT molecular complexity index is 1110. The number of nitro benzene ring substituents is 1. The van der Waals surface area contributed by atoms with E-state index in [9.17, 15) is 18.5 Å². The average Bonchev–Trinajstić information content (AvgIpc) is 2.66. The van der Waals surface area contributed by atoms with Crippen LogP contribution >= 0.6 is 0 Å². The van der Waals surface area contributed by atoms with E-state index in [1.165, 1.54) is 24.3 Å². The van der Waals surface area contributed by atoms with E-state index in [2.05, 4.69) is 4.98 Å². The summed E-state index contributed by atoms with van der Waals surface area (Å²) < 4.78 is 23.3. The van der Waals surface area contributed by atoms with E-state index >= 15 is 0 Å². The molecule has 0 saturated heterocycles. The molecule has 1 heterocycles. The van der Waals surface area contributed by atoms with Gasteiger partial charge < -0.3 is 0 Å². The fourth-order valence-corrected chi connectivity index (χ4v) is 3.23. The number of aromatic nitrogens is 1. The molecule has 3 aromatic rings. The molecular formula is C20H16N2O4S. The summed E-state index contributed by atoms with van der Waals surface area (Å²) in [5.74, 6) is 0. The standard InChI is InChI=1S/C20H16N2O4S/c1-27(25,26)19-10-7-17(8-11-19)20-13-18(22(23)24)9-6-16(20)5-4-15-3-2-12-21-14-15/h2-14H,1H3. The number of non-ortho nitro benzene ring substituents is 1. The molecule has 27 heavy (non-hydrogen) atoms. The van der Waals surface area contributed by atoms with Crippen LogP contribution in [-0.4, -0.2) is 24.6 Å². The van der Waals surface area contributed by atoms with Gasteiger partial charge >= 0.3 is 0 Å². The SMILES string of the molecule is CS(=O)(=O)c1ccc(-c2cc([N+](=O)[O-])ccc2C=Cc2cccnc2)cc1. The van der Waals surface area contributed by atoms with E-state index < -0.39 is 14.8 Å². The molecule has 1 aromatic heterocycles. The highest BCUT2D eigenvalue weighted by molar-refractivity contribution is 7.90. The first kappa shape index (κ1) is 18.5. The lowest BCUT2D eigenvalue weighted by molar-refractivity contribution is -0.384. The molecule has 0 aliphatic rings. The van der Waals surface area contributed by atoms with Crippen LogP contribution in [0, 0.1) is 10.1 Å². The van der Waals surface area contributed by atoms with Crippen molar-refractivity contribution in [2.75, 3.05) is 6.26 Å². The van der Waals surface area contributed by atoms with Crippen molar-refractivity contribution in [3.8, 4) is 11.1 Å². The van der Waals surface area contributed by atoms with Crippen LogP contribution in [0.3, 0.4) is 0 Å². The lowest BCUT2D eigenvalue weighted by atomic mass is 9.98. The summed E-state index contributed by atoms with van der Waals surface area (Å²) in [5, 5.41) is 11.2. The van der Waals surface area contributed by atoms with E-state index in [1.807, 2.05) is 24.3 Å². The number of sulfone groups is 1. The van der Waals surface area contributed by atoms with Gasteiger partial charge in [-0.3, -0.25) is 15.1 Å². The summed E-state index contributed by atoms with van der Waals surface area (Å²) in [6.07, 6.45) is 8.24. The van der Waals surface area contributed by atoms with Crippen LogP contribution in [0.15, 0.2) is 71.9 Å². The quantitative estimate of drug-likeness (QED) is 0.488. The summed E-state index contributed by atoms with van der Waals surface area (Å²) in [5.41, 5.74) is 2.97. The number of pyridine rings is 1. The molecule has 2 aromatic carbocycles. The molecule has 0 radical (unpaired) electrons. The number of rotatable bonds is 5. The van der Waals surface area contributed by atoms with E-state index in [0.29, 0.717) is 11.1 Å². The third kappa shape index (κ3) is 4.45. The summed E-state index contributed by atoms with van der Waals surface area (Å²) in [4.78, 5) is 15.0. The van der Waals surface area contributed by atoms with E-state index in [0.717, 1.165) is 17.4 Å². The maximum atomic E-state index is 11.6. The van der Waals surface area contributed by atoms with Crippen molar-refractivity contribution in [1.29, 1.82) is 0 Å². The zero-order valence-corrected chi connectivity index (χ0v) is 15.3. The Morgan fingerprint density at radius 3 is 2.37 bits per heavy atom. The molecule has 3 rings (SSSR count). The largest absolute Gasteiger partial charge is 0.270 e.